The molecule has 0 aliphatic heterocycles. The first-order valence-electron chi connectivity index (χ1n) is 5.92. The molecular formula is C12H12B2N4O3. The van der Waals surface area contributed by atoms with Gasteiger partial charge in [-0.3, -0.25) is 4.79 Å². The van der Waals surface area contributed by atoms with Crippen molar-refractivity contribution >= 4 is 32.8 Å². The van der Waals surface area contributed by atoms with Gasteiger partial charge in [0.1, 0.15) is 27.2 Å². The van der Waals surface area contributed by atoms with E-state index in [9.17, 15) is 4.79 Å². The van der Waals surface area contributed by atoms with Gasteiger partial charge in [-0.2, -0.15) is 5.26 Å². The van der Waals surface area contributed by atoms with Crippen LogP contribution in [0.15, 0.2) is 8.83 Å². The second-order valence-electron chi connectivity index (χ2n) is 4.06. The first-order valence-corrected chi connectivity index (χ1v) is 5.92. The van der Waals surface area contributed by atoms with Crippen molar-refractivity contribution in [1.82, 2.24) is 9.97 Å². The minimum absolute atomic E-state index is 0.00662. The zero-order valence-electron chi connectivity index (χ0n) is 11.7. The molecule has 0 aromatic carbocycles. The fourth-order valence-electron chi connectivity index (χ4n) is 1.45. The van der Waals surface area contributed by atoms with Crippen molar-refractivity contribution in [2.75, 3.05) is 0 Å². The number of carbonyl (C=O) groups is 1. The van der Waals surface area contributed by atoms with Gasteiger partial charge in [-0.05, 0) is 0 Å². The molecule has 2 heterocycles. The lowest BCUT2D eigenvalue weighted by Gasteiger charge is -1.90. The van der Waals surface area contributed by atoms with E-state index in [4.69, 9.17) is 35.5 Å². The van der Waals surface area contributed by atoms with Crippen LogP contribution in [0.1, 0.15) is 23.3 Å². The summed E-state index contributed by atoms with van der Waals surface area (Å²) in [7, 11) is 10.7. The second-order valence-corrected chi connectivity index (χ2v) is 4.06. The molecule has 2 aromatic rings. The maximum absolute atomic E-state index is 10.4. The van der Waals surface area contributed by atoms with Gasteiger partial charge in [-0.15, -0.1) is 0 Å². The Balaban J connectivity index is 0.000000211. The van der Waals surface area contributed by atoms with E-state index in [1.54, 1.807) is 13.8 Å². The molecule has 0 saturated carbocycles. The Morgan fingerprint density at radius 1 is 1.19 bits per heavy atom. The fraction of sp³-hybridized carbons (Fsp3) is 0.333. The van der Waals surface area contributed by atoms with Crippen LogP contribution in [0.4, 0.5) is 0 Å². The lowest BCUT2D eigenvalue weighted by Crippen LogP contribution is -2.19. The standard InChI is InChI=1S/C6H7BN2O2.C6H5BN2O/c1-3-9-6(7)4(11-3)2-5(8)10;1-4-9-6(7)5(10-4)2-3-8/h2H2,1H3,(H2,8,10);2H2,1H3. The predicted octanol–water partition coefficient (Wildman–Crippen LogP) is -1.35. The van der Waals surface area contributed by atoms with E-state index < -0.39 is 5.91 Å². The largest absolute Gasteiger partial charge is 0.446 e. The van der Waals surface area contributed by atoms with E-state index in [1.807, 2.05) is 6.07 Å². The summed E-state index contributed by atoms with van der Waals surface area (Å²) in [4.78, 5) is 18.0. The third-order valence-electron chi connectivity index (χ3n) is 2.24. The van der Waals surface area contributed by atoms with E-state index >= 15 is 0 Å². The number of oxazole rings is 2. The predicted molar refractivity (Wildman–Crippen MR) is 75.5 cm³/mol. The summed E-state index contributed by atoms with van der Waals surface area (Å²) in [6.45, 7) is 3.35. The highest BCUT2D eigenvalue weighted by molar-refractivity contribution is 6.31. The van der Waals surface area contributed by atoms with Crippen LogP contribution in [0, 0.1) is 25.2 Å². The Morgan fingerprint density at radius 3 is 2.00 bits per heavy atom. The van der Waals surface area contributed by atoms with Crippen molar-refractivity contribution in [3.05, 3.63) is 23.3 Å². The average Bonchev–Trinajstić information content (AvgIpc) is 2.83. The van der Waals surface area contributed by atoms with E-state index in [1.165, 1.54) is 0 Å². The average molecular weight is 282 g/mol. The zero-order valence-corrected chi connectivity index (χ0v) is 11.7. The van der Waals surface area contributed by atoms with Crippen molar-refractivity contribution in [3.63, 3.8) is 0 Å². The Hall–Kier alpha value is -2.49. The molecule has 21 heavy (non-hydrogen) atoms. The van der Waals surface area contributed by atoms with Crippen molar-refractivity contribution in [2.24, 2.45) is 5.73 Å². The summed E-state index contributed by atoms with van der Waals surface area (Å²) in [5, 5.41) is 8.26. The topological polar surface area (TPSA) is 119 Å². The molecular weight excluding hydrogens is 270 g/mol. The first-order chi connectivity index (χ1) is 9.83. The number of carbonyl (C=O) groups excluding carboxylic acids is 1. The van der Waals surface area contributed by atoms with Gasteiger partial charge in [0, 0.05) is 25.0 Å². The van der Waals surface area contributed by atoms with Crippen LogP contribution < -0.4 is 16.9 Å². The molecule has 2 N–H and O–H groups in total. The Bertz CT molecular complexity index is 673. The van der Waals surface area contributed by atoms with E-state index in [0.717, 1.165) is 0 Å². The highest BCUT2D eigenvalue weighted by atomic mass is 16.4. The Morgan fingerprint density at radius 2 is 1.67 bits per heavy atom. The molecule has 9 heteroatoms. The number of aromatic nitrogens is 2. The molecule has 0 saturated heterocycles. The molecule has 0 fully saturated rings. The van der Waals surface area contributed by atoms with Crippen molar-refractivity contribution < 1.29 is 13.6 Å². The van der Waals surface area contributed by atoms with Crippen LogP contribution in [0.3, 0.4) is 0 Å². The van der Waals surface area contributed by atoms with Gasteiger partial charge in [0.15, 0.2) is 11.8 Å². The number of nitrogens with two attached hydrogens (primary N) is 1. The highest BCUT2D eigenvalue weighted by Gasteiger charge is 2.08. The molecule has 0 aliphatic rings. The highest BCUT2D eigenvalue weighted by Crippen LogP contribution is 1.99. The van der Waals surface area contributed by atoms with Crippen molar-refractivity contribution in [3.8, 4) is 6.07 Å². The summed E-state index contributed by atoms with van der Waals surface area (Å²) in [6.07, 6.45) is 0.194. The summed E-state index contributed by atoms with van der Waals surface area (Å²) >= 11 is 0. The number of amides is 1. The number of nitrogens with zero attached hydrogens (tertiary/aromatic N) is 3. The number of primary amides is 1. The normalized spacial score (nSPS) is 9.57. The number of hydrogen-bond acceptors (Lipinski definition) is 6. The number of nitriles is 1. The number of rotatable bonds is 3. The number of aryl methyl sites for hydroxylation is 2. The maximum Gasteiger partial charge on any atom is 0.225 e. The second kappa shape index (κ2) is 7.33. The molecule has 2 aromatic heterocycles. The Labute approximate surface area is 124 Å². The first kappa shape index (κ1) is 16.6. The molecule has 4 radical (unpaired) electrons. The zero-order chi connectivity index (χ0) is 16.0. The van der Waals surface area contributed by atoms with Crippen LogP contribution in [0.2, 0.25) is 0 Å². The lowest BCUT2D eigenvalue weighted by atomic mass is 10.0. The summed E-state index contributed by atoms with van der Waals surface area (Å²) in [5.74, 6) is 1.27. The lowest BCUT2D eigenvalue weighted by molar-refractivity contribution is -0.117. The molecule has 0 bridgehead atoms. The monoisotopic (exact) mass is 282 g/mol. The smallest absolute Gasteiger partial charge is 0.225 e. The summed E-state index contributed by atoms with van der Waals surface area (Å²) in [5.41, 5.74) is 5.48. The van der Waals surface area contributed by atoms with E-state index in [0.29, 0.717) is 28.9 Å². The minimum Gasteiger partial charge on any atom is -0.446 e. The Kier molecular flexibility index (Phi) is 5.78. The SMILES string of the molecule is [B]c1nc(C)oc1CC#N.[B]c1nc(C)oc1CC(N)=O. The van der Waals surface area contributed by atoms with Crippen molar-refractivity contribution in [1.29, 1.82) is 5.26 Å². The molecule has 0 aliphatic carbocycles. The summed E-state index contributed by atoms with van der Waals surface area (Å²) in [6, 6.07) is 1.92. The van der Waals surface area contributed by atoms with E-state index in [-0.39, 0.29) is 18.4 Å². The minimum atomic E-state index is -0.479. The third kappa shape index (κ3) is 5.18. The van der Waals surface area contributed by atoms with Gasteiger partial charge >= 0.3 is 0 Å². The van der Waals surface area contributed by atoms with Gasteiger partial charge in [-0.25, -0.2) is 9.97 Å². The van der Waals surface area contributed by atoms with Crippen molar-refractivity contribution in [2.45, 2.75) is 26.7 Å². The van der Waals surface area contributed by atoms with Crippen LogP contribution in [-0.2, 0) is 17.6 Å². The molecule has 1 amide bonds. The van der Waals surface area contributed by atoms with Gasteiger partial charge in [-0.1, -0.05) is 0 Å². The van der Waals surface area contributed by atoms with Crippen LogP contribution in [-0.4, -0.2) is 31.6 Å². The molecule has 0 unspecified atom stereocenters. The van der Waals surface area contributed by atoms with Gasteiger partial charge in [0.05, 0.1) is 18.9 Å². The quantitative estimate of drug-likeness (QED) is 0.695. The van der Waals surface area contributed by atoms with Crippen LogP contribution >= 0.6 is 0 Å². The molecule has 104 valence electrons. The number of hydrogen-bond donors (Lipinski definition) is 1. The third-order valence-corrected chi connectivity index (χ3v) is 2.24. The van der Waals surface area contributed by atoms with Gasteiger partial charge < -0.3 is 14.6 Å². The van der Waals surface area contributed by atoms with E-state index in [2.05, 4.69) is 9.97 Å². The molecule has 0 spiro atoms. The molecule has 0 atom stereocenters. The van der Waals surface area contributed by atoms with Crippen LogP contribution in [0.5, 0.6) is 0 Å². The maximum atomic E-state index is 10.4. The summed E-state index contributed by atoms with van der Waals surface area (Å²) < 4.78 is 9.98. The van der Waals surface area contributed by atoms with Gasteiger partial charge in [0.25, 0.3) is 0 Å². The molecule has 2 rings (SSSR count). The molecule has 7 nitrogen and oxygen atoms in total. The van der Waals surface area contributed by atoms with Gasteiger partial charge in [0.2, 0.25) is 5.91 Å². The van der Waals surface area contributed by atoms with Crippen LogP contribution in [0.25, 0.3) is 0 Å². The fourth-order valence-corrected chi connectivity index (χ4v) is 1.45.